The van der Waals surface area contributed by atoms with Crippen LogP contribution in [0, 0.1) is 5.82 Å². The Morgan fingerprint density at radius 3 is 2.35 bits per heavy atom. The van der Waals surface area contributed by atoms with Crippen LogP contribution in [0.15, 0.2) is 48.5 Å². The maximum absolute atomic E-state index is 13.1. The zero-order valence-corrected chi connectivity index (χ0v) is 13.9. The number of hydrogen-bond acceptors (Lipinski definition) is 4. The monoisotopic (exact) mass is 356 g/mol. The third-order valence-electron chi connectivity index (χ3n) is 4.18. The summed E-state index contributed by atoms with van der Waals surface area (Å²) >= 11 is 0. The third-order valence-corrected chi connectivity index (χ3v) is 4.18. The van der Waals surface area contributed by atoms with E-state index in [0.29, 0.717) is 6.54 Å². The van der Waals surface area contributed by atoms with Gasteiger partial charge < -0.3 is 15.4 Å². The van der Waals surface area contributed by atoms with Gasteiger partial charge in [-0.1, -0.05) is 18.2 Å². The van der Waals surface area contributed by atoms with Crippen LogP contribution in [0.25, 0.3) is 0 Å². The topological polar surface area (TPSA) is 89.7 Å². The number of hydrogen-bond donors (Lipinski definition) is 1. The van der Waals surface area contributed by atoms with Crippen LogP contribution in [0.3, 0.4) is 0 Å². The molecule has 0 radical (unpaired) electrons. The van der Waals surface area contributed by atoms with E-state index in [-0.39, 0.29) is 41.5 Å². The van der Waals surface area contributed by atoms with Crippen molar-refractivity contribution in [3.05, 3.63) is 71.0 Å². The van der Waals surface area contributed by atoms with Gasteiger partial charge >= 0.3 is 0 Å². The van der Waals surface area contributed by atoms with Gasteiger partial charge in [-0.3, -0.25) is 14.4 Å². The van der Waals surface area contributed by atoms with E-state index in [9.17, 15) is 18.8 Å². The Balaban J connectivity index is 1.89. The lowest BCUT2D eigenvalue weighted by Gasteiger charge is -2.31. The normalized spacial score (nSPS) is 17.0. The number of morpholine rings is 1. The molecule has 1 atom stereocenters. The Bertz CT molecular complexity index is 851. The van der Waals surface area contributed by atoms with E-state index >= 15 is 0 Å². The van der Waals surface area contributed by atoms with E-state index in [2.05, 4.69) is 0 Å². The fourth-order valence-electron chi connectivity index (χ4n) is 2.80. The summed E-state index contributed by atoms with van der Waals surface area (Å²) in [4.78, 5) is 38.4. The summed E-state index contributed by atoms with van der Waals surface area (Å²) in [5.41, 5.74) is 5.96. The summed E-state index contributed by atoms with van der Waals surface area (Å²) in [5.74, 6) is -1.85. The van der Waals surface area contributed by atoms with E-state index in [1.165, 1.54) is 29.2 Å². The number of rotatable bonds is 4. The molecule has 2 amide bonds. The molecule has 1 heterocycles. The average Bonchev–Trinajstić information content (AvgIpc) is 2.67. The van der Waals surface area contributed by atoms with Gasteiger partial charge in [0.25, 0.3) is 5.91 Å². The lowest BCUT2D eigenvalue weighted by Crippen LogP contribution is -2.50. The Kier molecular flexibility index (Phi) is 5.09. The lowest BCUT2D eigenvalue weighted by molar-refractivity contribution is -0.133. The molecular weight excluding hydrogens is 339 g/mol. The third kappa shape index (κ3) is 3.62. The molecule has 1 unspecified atom stereocenters. The molecular formula is C19H17FN2O4. The second-order valence-electron chi connectivity index (χ2n) is 5.89. The zero-order chi connectivity index (χ0) is 18.7. The Hall–Kier alpha value is -3.06. The predicted octanol–water partition coefficient (Wildman–Crippen LogP) is 1.38. The minimum Gasteiger partial charge on any atom is -0.367 e. The van der Waals surface area contributed by atoms with Crippen LogP contribution in [0.1, 0.15) is 26.3 Å². The Morgan fingerprint density at radius 1 is 1.04 bits per heavy atom. The van der Waals surface area contributed by atoms with E-state index in [4.69, 9.17) is 10.5 Å². The van der Waals surface area contributed by atoms with Crippen molar-refractivity contribution in [2.24, 2.45) is 5.73 Å². The van der Waals surface area contributed by atoms with E-state index in [1.807, 2.05) is 0 Å². The molecule has 2 N–H and O–H groups in total. The molecule has 2 aromatic rings. The molecule has 26 heavy (non-hydrogen) atoms. The highest BCUT2D eigenvalue weighted by Gasteiger charge is 2.30. The molecule has 1 saturated heterocycles. The summed E-state index contributed by atoms with van der Waals surface area (Å²) in [6.07, 6.45) is -0.868. The van der Waals surface area contributed by atoms with Crippen molar-refractivity contribution in [3.63, 3.8) is 0 Å². The SMILES string of the molecule is NC(=O)C1CN(C(=O)c2ccccc2C(=O)c2ccc(F)cc2)CCO1. The summed E-state index contributed by atoms with van der Waals surface area (Å²) in [6.45, 7) is 0.516. The second kappa shape index (κ2) is 7.45. The fraction of sp³-hybridized carbons (Fsp3) is 0.211. The van der Waals surface area contributed by atoms with Gasteiger partial charge in [-0.25, -0.2) is 4.39 Å². The first-order chi connectivity index (χ1) is 12.5. The molecule has 6 nitrogen and oxygen atoms in total. The summed E-state index contributed by atoms with van der Waals surface area (Å²) in [7, 11) is 0. The number of nitrogens with zero attached hydrogens (tertiary/aromatic N) is 1. The number of halogens is 1. The minimum atomic E-state index is -0.868. The molecule has 0 bridgehead atoms. The molecule has 134 valence electrons. The van der Waals surface area contributed by atoms with E-state index < -0.39 is 17.8 Å². The van der Waals surface area contributed by atoms with Gasteiger partial charge in [0.2, 0.25) is 5.91 Å². The molecule has 0 spiro atoms. The summed E-state index contributed by atoms with van der Waals surface area (Å²) in [5, 5.41) is 0. The number of primary amides is 1. The van der Waals surface area contributed by atoms with Crippen LogP contribution in [0.2, 0.25) is 0 Å². The smallest absolute Gasteiger partial charge is 0.254 e. The van der Waals surface area contributed by atoms with Crippen molar-refractivity contribution >= 4 is 17.6 Å². The lowest BCUT2D eigenvalue weighted by atomic mass is 9.97. The number of amides is 2. The van der Waals surface area contributed by atoms with Crippen molar-refractivity contribution in [1.82, 2.24) is 4.90 Å². The Morgan fingerprint density at radius 2 is 1.69 bits per heavy atom. The van der Waals surface area contributed by atoms with Crippen LogP contribution in [0.5, 0.6) is 0 Å². The van der Waals surface area contributed by atoms with E-state index in [0.717, 1.165) is 0 Å². The van der Waals surface area contributed by atoms with Gasteiger partial charge in [-0.05, 0) is 30.3 Å². The molecule has 0 saturated carbocycles. The average molecular weight is 356 g/mol. The van der Waals surface area contributed by atoms with Gasteiger partial charge in [0.1, 0.15) is 5.82 Å². The van der Waals surface area contributed by atoms with Crippen molar-refractivity contribution < 1.29 is 23.5 Å². The predicted molar refractivity (Wildman–Crippen MR) is 91.1 cm³/mol. The number of ketones is 1. The van der Waals surface area contributed by atoms with Gasteiger partial charge in [-0.2, -0.15) is 0 Å². The fourth-order valence-corrected chi connectivity index (χ4v) is 2.80. The van der Waals surface area contributed by atoms with Crippen LogP contribution >= 0.6 is 0 Å². The highest BCUT2D eigenvalue weighted by molar-refractivity contribution is 6.15. The molecule has 1 aliphatic heterocycles. The number of carbonyl (C=O) groups is 3. The number of ether oxygens (including phenoxy) is 1. The molecule has 1 fully saturated rings. The quantitative estimate of drug-likeness (QED) is 0.838. The molecule has 7 heteroatoms. The molecule has 0 aromatic heterocycles. The van der Waals surface area contributed by atoms with Crippen LogP contribution < -0.4 is 5.73 Å². The number of carbonyl (C=O) groups excluding carboxylic acids is 3. The number of benzene rings is 2. The van der Waals surface area contributed by atoms with Gasteiger partial charge in [0.15, 0.2) is 11.9 Å². The minimum absolute atomic E-state index is 0.0350. The van der Waals surface area contributed by atoms with Crippen LogP contribution in [-0.4, -0.2) is 48.3 Å². The molecule has 2 aromatic carbocycles. The molecule has 1 aliphatic rings. The molecule has 3 rings (SSSR count). The van der Waals surface area contributed by atoms with Crippen molar-refractivity contribution in [2.45, 2.75) is 6.10 Å². The van der Waals surface area contributed by atoms with Crippen molar-refractivity contribution in [2.75, 3.05) is 19.7 Å². The van der Waals surface area contributed by atoms with Crippen molar-refractivity contribution in [1.29, 1.82) is 0 Å². The maximum Gasteiger partial charge on any atom is 0.254 e. The maximum atomic E-state index is 13.1. The van der Waals surface area contributed by atoms with E-state index in [1.54, 1.807) is 24.3 Å². The van der Waals surface area contributed by atoms with Gasteiger partial charge in [0.05, 0.1) is 18.7 Å². The second-order valence-corrected chi connectivity index (χ2v) is 5.89. The molecule has 0 aliphatic carbocycles. The highest BCUT2D eigenvalue weighted by atomic mass is 19.1. The van der Waals surface area contributed by atoms with Gasteiger partial charge in [-0.15, -0.1) is 0 Å². The van der Waals surface area contributed by atoms with Crippen LogP contribution in [0.4, 0.5) is 4.39 Å². The summed E-state index contributed by atoms with van der Waals surface area (Å²) < 4.78 is 18.3. The van der Waals surface area contributed by atoms with Crippen molar-refractivity contribution in [3.8, 4) is 0 Å². The first-order valence-electron chi connectivity index (χ1n) is 8.07. The summed E-state index contributed by atoms with van der Waals surface area (Å²) in [6, 6.07) is 11.5. The highest BCUT2D eigenvalue weighted by Crippen LogP contribution is 2.18. The first-order valence-corrected chi connectivity index (χ1v) is 8.07. The number of nitrogens with two attached hydrogens (primary N) is 1. The first kappa shape index (κ1) is 17.8. The van der Waals surface area contributed by atoms with Crippen LogP contribution in [-0.2, 0) is 9.53 Å². The zero-order valence-electron chi connectivity index (χ0n) is 13.9. The van der Waals surface area contributed by atoms with Gasteiger partial charge in [0, 0.05) is 17.7 Å². The standard InChI is InChI=1S/C19H17FN2O4/c20-13-7-5-12(6-8-13)17(23)14-3-1-2-4-15(14)19(25)22-9-10-26-16(11-22)18(21)24/h1-8,16H,9-11H2,(H2,21,24). The Labute approximate surface area is 149 Å². The largest absolute Gasteiger partial charge is 0.367 e.